The number of aromatic nitrogens is 3. The molecular weight excluding hydrogens is 384 g/mol. The smallest absolute Gasteiger partial charge is 0.230 e. The quantitative estimate of drug-likeness (QED) is 0.426. The summed E-state index contributed by atoms with van der Waals surface area (Å²) < 4.78 is 7.24. The van der Waals surface area contributed by atoms with Gasteiger partial charge >= 0.3 is 0 Å². The molecule has 0 radical (unpaired) electrons. The van der Waals surface area contributed by atoms with Crippen LogP contribution in [0.15, 0.2) is 72.4 Å². The molecule has 0 aliphatic rings. The fraction of sp³-hybridized carbons (Fsp3) is 0.227. The monoisotopic (exact) mass is 408 g/mol. The van der Waals surface area contributed by atoms with Crippen LogP contribution in [0.3, 0.4) is 0 Å². The molecule has 29 heavy (non-hydrogen) atoms. The van der Waals surface area contributed by atoms with E-state index in [-0.39, 0.29) is 17.7 Å². The third-order valence-corrected chi connectivity index (χ3v) is 5.33. The summed E-state index contributed by atoms with van der Waals surface area (Å²) in [6.45, 7) is 6.34. The molecule has 6 nitrogen and oxygen atoms in total. The summed E-state index contributed by atoms with van der Waals surface area (Å²) in [6, 6.07) is 17.5. The predicted molar refractivity (Wildman–Crippen MR) is 116 cm³/mol. The van der Waals surface area contributed by atoms with E-state index >= 15 is 0 Å². The van der Waals surface area contributed by atoms with Gasteiger partial charge in [0, 0.05) is 12.1 Å². The third-order valence-electron chi connectivity index (χ3n) is 4.37. The van der Waals surface area contributed by atoms with Crippen molar-refractivity contribution >= 4 is 17.7 Å². The zero-order chi connectivity index (χ0) is 20.6. The van der Waals surface area contributed by atoms with Gasteiger partial charge in [0.1, 0.15) is 5.75 Å². The van der Waals surface area contributed by atoms with Crippen LogP contribution in [-0.2, 0) is 11.3 Å². The highest BCUT2D eigenvalue weighted by atomic mass is 32.2. The lowest BCUT2D eigenvalue weighted by atomic mass is 10.1. The van der Waals surface area contributed by atoms with Gasteiger partial charge in [0.2, 0.25) is 5.91 Å². The van der Waals surface area contributed by atoms with Crippen LogP contribution >= 0.6 is 11.8 Å². The van der Waals surface area contributed by atoms with Gasteiger partial charge in [-0.25, -0.2) is 0 Å². The van der Waals surface area contributed by atoms with E-state index < -0.39 is 0 Å². The van der Waals surface area contributed by atoms with Crippen molar-refractivity contribution in [3.05, 3.63) is 72.8 Å². The van der Waals surface area contributed by atoms with Crippen molar-refractivity contribution in [1.82, 2.24) is 20.1 Å². The summed E-state index contributed by atoms with van der Waals surface area (Å²) in [6.07, 6.45) is 1.79. The van der Waals surface area contributed by atoms with Crippen LogP contribution < -0.4 is 10.1 Å². The van der Waals surface area contributed by atoms with E-state index in [1.54, 1.807) is 13.2 Å². The van der Waals surface area contributed by atoms with Crippen LogP contribution in [0.1, 0.15) is 18.5 Å². The van der Waals surface area contributed by atoms with Crippen LogP contribution in [0.4, 0.5) is 0 Å². The maximum absolute atomic E-state index is 12.4. The summed E-state index contributed by atoms with van der Waals surface area (Å²) >= 11 is 1.36. The van der Waals surface area contributed by atoms with E-state index in [0.717, 1.165) is 16.9 Å². The Balaban J connectivity index is 1.70. The van der Waals surface area contributed by atoms with E-state index in [4.69, 9.17) is 4.74 Å². The summed E-state index contributed by atoms with van der Waals surface area (Å²) in [5.74, 6) is 1.66. The lowest BCUT2D eigenvalue weighted by Crippen LogP contribution is -2.28. The van der Waals surface area contributed by atoms with E-state index in [0.29, 0.717) is 17.5 Å². The van der Waals surface area contributed by atoms with Gasteiger partial charge in [-0.3, -0.25) is 9.36 Å². The van der Waals surface area contributed by atoms with E-state index in [1.165, 1.54) is 11.8 Å². The summed E-state index contributed by atoms with van der Waals surface area (Å²) in [4.78, 5) is 12.4. The number of thioether (sulfide) groups is 1. The second kappa shape index (κ2) is 9.93. The first-order valence-electron chi connectivity index (χ1n) is 9.28. The SMILES string of the molecule is C=CCn1c(SCC(=O)NC(C)c2ccccc2)nnc1-c1cccc(OC)c1. The number of hydrogen-bond donors (Lipinski definition) is 1. The first kappa shape index (κ1) is 20.7. The molecule has 0 spiro atoms. The minimum absolute atomic E-state index is 0.0531. The van der Waals surface area contributed by atoms with Gasteiger partial charge in [-0.1, -0.05) is 60.3 Å². The van der Waals surface area contributed by atoms with Crippen molar-refractivity contribution < 1.29 is 9.53 Å². The minimum atomic E-state index is -0.0533. The van der Waals surface area contributed by atoms with Crippen molar-refractivity contribution in [2.24, 2.45) is 0 Å². The average molecular weight is 409 g/mol. The number of amides is 1. The highest BCUT2D eigenvalue weighted by Gasteiger charge is 2.16. The molecule has 7 heteroatoms. The second-order valence-electron chi connectivity index (χ2n) is 6.43. The molecule has 1 aromatic heterocycles. The minimum Gasteiger partial charge on any atom is -0.497 e. The molecule has 0 saturated carbocycles. The third kappa shape index (κ3) is 5.26. The standard InChI is InChI=1S/C22H24N4O2S/c1-4-13-26-21(18-11-8-12-19(14-18)28-3)24-25-22(26)29-15-20(27)23-16(2)17-9-6-5-7-10-17/h4-12,14,16H,1,13,15H2,2-3H3,(H,23,27). The van der Waals surface area contributed by atoms with Gasteiger partial charge < -0.3 is 10.1 Å². The Morgan fingerprint density at radius 1 is 1.24 bits per heavy atom. The lowest BCUT2D eigenvalue weighted by Gasteiger charge is -2.14. The van der Waals surface area contributed by atoms with Gasteiger partial charge in [0.05, 0.1) is 18.9 Å². The maximum Gasteiger partial charge on any atom is 0.230 e. The number of nitrogens with one attached hydrogen (secondary N) is 1. The molecule has 1 atom stereocenters. The van der Waals surface area contributed by atoms with E-state index in [1.807, 2.05) is 66.1 Å². The molecule has 3 rings (SSSR count). The Morgan fingerprint density at radius 2 is 2.03 bits per heavy atom. The molecule has 1 N–H and O–H groups in total. The highest BCUT2D eigenvalue weighted by molar-refractivity contribution is 7.99. The zero-order valence-electron chi connectivity index (χ0n) is 16.5. The van der Waals surface area contributed by atoms with E-state index in [9.17, 15) is 4.79 Å². The lowest BCUT2D eigenvalue weighted by molar-refractivity contribution is -0.119. The van der Waals surface area contributed by atoms with Gasteiger partial charge in [-0.2, -0.15) is 0 Å². The van der Waals surface area contributed by atoms with Gasteiger partial charge in [0.25, 0.3) is 0 Å². The van der Waals surface area contributed by atoms with Crippen LogP contribution in [0, 0.1) is 0 Å². The zero-order valence-corrected chi connectivity index (χ0v) is 17.4. The molecule has 0 fully saturated rings. The molecule has 0 aliphatic heterocycles. The highest BCUT2D eigenvalue weighted by Crippen LogP contribution is 2.26. The van der Waals surface area contributed by atoms with Gasteiger partial charge in [0.15, 0.2) is 11.0 Å². The first-order chi connectivity index (χ1) is 14.1. The normalized spacial score (nSPS) is 11.7. The number of hydrogen-bond acceptors (Lipinski definition) is 5. The Kier molecular flexibility index (Phi) is 7.08. The fourth-order valence-electron chi connectivity index (χ4n) is 2.90. The molecule has 1 amide bonds. The molecular formula is C22H24N4O2S. The molecule has 1 unspecified atom stereocenters. The molecule has 3 aromatic rings. The number of rotatable bonds is 9. The van der Waals surface area contributed by atoms with Crippen LogP contribution in [0.25, 0.3) is 11.4 Å². The van der Waals surface area contributed by atoms with Crippen molar-refractivity contribution in [2.75, 3.05) is 12.9 Å². The van der Waals surface area contributed by atoms with Crippen molar-refractivity contribution in [3.63, 3.8) is 0 Å². The number of ether oxygens (including phenoxy) is 1. The fourth-order valence-corrected chi connectivity index (χ4v) is 3.66. The molecule has 0 saturated heterocycles. The summed E-state index contributed by atoms with van der Waals surface area (Å²) in [5.41, 5.74) is 1.97. The largest absolute Gasteiger partial charge is 0.497 e. The first-order valence-corrected chi connectivity index (χ1v) is 10.3. The molecule has 2 aromatic carbocycles. The summed E-state index contributed by atoms with van der Waals surface area (Å²) in [5, 5.41) is 12.3. The second-order valence-corrected chi connectivity index (χ2v) is 7.37. The van der Waals surface area contributed by atoms with Crippen molar-refractivity contribution in [2.45, 2.75) is 24.7 Å². The Morgan fingerprint density at radius 3 is 2.76 bits per heavy atom. The molecule has 150 valence electrons. The Hall–Kier alpha value is -3.06. The maximum atomic E-state index is 12.4. The Labute approximate surface area is 175 Å². The number of methoxy groups -OCH3 is 1. The van der Waals surface area contributed by atoms with Crippen molar-refractivity contribution in [3.8, 4) is 17.1 Å². The van der Waals surface area contributed by atoms with Crippen LogP contribution in [0.5, 0.6) is 5.75 Å². The molecule has 0 aliphatic carbocycles. The number of carbonyl (C=O) groups is 1. The number of benzene rings is 2. The topological polar surface area (TPSA) is 69.0 Å². The van der Waals surface area contributed by atoms with Gasteiger partial charge in [-0.05, 0) is 24.6 Å². The van der Waals surface area contributed by atoms with Crippen LogP contribution in [-0.4, -0.2) is 33.5 Å². The van der Waals surface area contributed by atoms with E-state index in [2.05, 4.69) is 22.1 Å². The Bertz CT molecular complexity index is 972. The van der Waals surface area contributed by atoms with Gasteiger partial charge in [-0.15, -0.1) is 16.8 Å². The number of allylic oxidation sites excluding steroid dienone is 1. The average Bonchev–Trinajstić information content (AvgIpc) is 3.16. The summed E-state index contributed by atoms with van der Waals surface area (Å²) in [7, 11) is 1.63. The number of nitrogens with zero attached hydrogens (tertiary/aromatic N) is 3. The van der Waals surface area contributed by atoms with Crippen molar-refractivity contribution in [1.29, 1.82) is 0 Å². The van der Waals surface area contributed by atoms with Crippen LogP contribution in [0.2, 0.25) is 0 Å². The molecule has 1 heterocycles. The predicted octanol–water partition coefficient (Wildman–Crippen LogP) is 4.11. The number of carbonyl (C=O) groups excluding carboxylic acids is 1. The molecule has 0 bridgehead atoms.